The summed E-state index contributed by atoms with van der Waals surface area (Å²) in [6, 6.07) is 10.2. The highest BCUT2D eigenvalue weighted by atomic mass is 16.2. The van der Waals surface area contributed by atoms with Crippen LogP contribution in [0.2, 0.25) is 0 Å². The molecule has 0 saturated heterocycles. The minimum absolute atomic E-state index is 0.105. The lowest BCUT2D eigenvalue weighted by molar-refractivity contribution is -0.123. The average Bonchev–Trinajstić information content (AvgIpc) is 2.95. The van der Waals surface area contributed by atoms with Crippen molar-refractivity contribution in [3.05, 3.63) is 66.9 Å². The molecule has 0 fully saturated rings. The van der Waals surface area contributed by atoms with Crippen molar-refractivity contribution >= 4 is 11.6 Å². The largest absolute Gasteiger partial charge is 0.327 e. The van der Waals surface area contributed by atoms with E-state index in [2.05, 4.69) is 31.3 Å². The van der Waals surface area contributed by atoms with E-state index >= 15 is 0 Å². The summed E-state index contributed by atoms with van der Waals surface area (Å²) in [5.74, 6) is 0.149. The first kappa shape index (κ1) is 33.7. The number of hydrogen-bond donors (Lipinski definition) is 3. The fourth-order valence-electron chi connectivity index (χ4n) is 4.76. The molecule has 1 rings (SSSR count). The highest BCUT2D eigenvalue weighted by Gasteiger charge is 2.27. The number of nitrogens with two attached hydrogens (primary N) is 1. The van der Waals surface area contributed by atoms with Gasteiger partial charge in [0.1, 0.15) is 0 Å². The molecule has 3 atom stereocenters. The third kappa shape index (κ3) is 14.0. The normalized spacial score (nSPS) is 14.3. The van der Waals surface area contributed by atoms with Crippen LogP contribution in [0, 0.1) is 11.8 Å². The monoisotopic (exact) mass is 524 g/mol. The molecule has 0 aliphatic heterocycles. The van der Waals surface area contributed by atoms with Crippen molar-refractivity contribution in [3.63, 3.8) is 0 Å². The van der Waals surface area contributed by atoms with E-state index in [0.29, 0.717) is 6.54 Å². The third-order valence-electron chi connectivity index (χ3n) is 7.45. The van der Waals surface area contributed by atoms with Crippen LogP contribution in [-0.4, -0.2) is 25.5 Å². The lowest BCUT2D eigenvalue weighted by atomic mass is 9.86. The molecule has 0 radical (unpaired) electrons. The van der Waals surface area contributed by atoms with E-state index in [1.807, 2.05) is 68.6 Å². The van der Waals surface area contributed by atoms with E-state index in [0.717, 1.165) is 30.6 Å². The van der Waals surface area contributed by atoms with Gasteiger partial charge >= 0.3 is 0 Å². The third-order valence-corrected chi connectivity index (χ3v) is 7.45. The SMILES string of the molecule is C=CC(C)C(CCC(CCCCCCCCCCC)NNC(/C=C\CN)=C/C)C(=O)N(C)c1ccccc1. The van der Waals surface area contributed by atoms with Crippen molar-refractivity contribution in [1.29, 1.82) is 0 Å². The topological polar surface area (TPSA) is 70.4 Å². The van der Waals surface area contributed by atoms with Gasteiger partial charge in [-0.25, -0.2) is 5.43 Å². The van der Waals surface area contributed by atoms with E-state index in [1.54, 1.807) is 4.90 Å². The molecule has 1 amide bonds. The van der Waals surface area contributed by atoms with Crippen molar-refractivity contribution in [2.24, 2.45) is 17.6 Å². The number of benzene rings is 1. The highest BCUT2D eigenvalue weighted by Crippen LogP contribution is 2.25. The van der Waals surface area contributed by atoms with Crippen LogP contribution in [-0.2, 0) is 4.79 Å². The molecule has 0 heterocycles. The van der Waals surface area contributed by atoms with Gasteiger partial charge in [0.2, 0.25) is 5.91 Å². The van der Waals surface area contributed by atoms with E-state index in [1.165, 1.54) is 57.8 Å². The number of unbranched alkanes of at least 4 members (excludes halogenated alkanes) is 8. The molecule has 5 heteroatoms. The number of para-hydroxylation sites is 1. The Balaban J connectivity index is 2.75. The predicted octanol–water partition coefficient (Wildman–Crippen LogP) is 7.67. The molecule has 5 nitrogen and oxygen atoms in total. The number of nitrogens with one attached hydrogen (secondary N) is 2. The molecule has 0 saturated carbocycles. The zero-order chi connectivity index (χ0) is 28.0. The van der Waals surface area contributed by atoms with Crippen LogP contribution >= 0.6 is 0 Å². The van der Waals surface area contributed by atoms with E-state index in [-0.39, 0.29) is 23.8 Å². The van der Waals surface area contributed by atoms with Crippen molar-refractivity contribution in [2.45, 2.75) is 104 Å². The number of rotatable bonds is 22. The first-order chi connectivity index (χ1) is 18.5. The number of carbonyl (C=O) groups excluding carboxylic acids is 1. The first-order valence-electron chi connectivity index (χ1n) is 15.0. The van der Waals surface area contributed by atoms with Gasteiger partial charge in [-0.15, -0.1) is 6.58 Å². The second-order valence-corrected chi connectivity index (χ2v) is 10.5. The van der Waals surface area contributed by atoms with Crippen LogP contribution < -0.4 is 21.5 Å². The summed E-state index contributed by atoms with van der Waals surface area (Å²) in [6.45, 7) is 10.9. The highest BCUT2D eigenvalue weighted by molar-refractivity contribution is 5.94. The van der Waals surface area contributed by atoms with Crippen molar-refractivity contribution in [1.82, 2.24) is 10.9 Å². The van der Waals surface area contributed by atoms with Crippen LogP contribution in [0.15, 0.2) is 66.9 Å². The Bertz CT molecular complexity index is 804. The molecule has 4 N–H and O–H groups in total. The Labute approximate surface area is 234 Å². The second kappa shape index (κ2) is 21.6. The maximum atomic E-state index is 13.5. The number of amides is 1. The van der Waals surface area contributed by atoms with Gasteiger partial charge in [-0.05, 0) is 50.3 Å². The molecule has 0 aliphatic rings. The predicted molar refractivity (Wildman–Crippen MR) is 166 cm³/mol. The summed E-state index contributed by atoms with van der Waals surface area (Å²) in [5, 5.41) is 0. The molecule has 3 unspecified atom stereocenters. The van der Waals surface area contributed by atoms with Gasteiger partial charge in [0.15, 0.2) is 0 Å². The fraction of sp³-hybridized carbons (Fsp3) is 0.606. The molecule has 1 aromatic carbocycles. The smallest absolute Gasteiger partial charge is 0.230 e. The molecular formula is C33H56N4O. The summed E-state index contributed by atoms with van der Waals surface area (Å²) in [6.07, 6.45) is 22.6. The molecule has 214 valence electrons. The minimum atomic E-state index is -0.108. The Morgan fingerprint density at radius 2 is 1.63 bits per heavy atom. The molecule has 1 aromatic rings. The van der Waals surface area contributed by atoms with Gasteiger partial charge in [0.25, 0.3) is 0 Å². The zero-order valence-electron chi connectivity index (χ0n) is 24.8. The van der Waals surface area contributed by atoms with E-state index < -0.39 is 0 Å². The van der Waals surface area contributed by atoms with Gasteiger partial charge < -0.3 is 16.1 Å². The molecule has 0 aliphatic carbocycles. The van der Waals surface area contributed by atoms with Crippen LogP contribution in [0.5, 0.6) is 0 Å². The lowest BCUT2D eigenvalue weighted by Crippen LogP contribution is -2.41. The number of hydrazine groups is 1. The van der Waals surface area contributed by atoms with Gasteiger partial charge in [0.05, 0.1) is 0 Å². The maximum Gasteiger partial charge on any atom is 0.230 e. The Morgan fingerprint density at radius 3 is 2.21 bits per heavy atom. The average molecular weight is 525 g/mol. The van der Waals surface area contributed by atoms with Gasteiger partial charge in [-0.1, -0.05) is 108 Å². The number of nitrogens with zero attached hydrogens (tertiary/aromatic N) is 1. The van der Waals surface area contributed by atoms with Crippen LogP contribution in [0.3, 0.4) is 0 Å². The second-order valence-electron chi connectivity index (χ2n) is 10.5. The van der Waals surface area contributed by atoms with Crippen LogP contribution in [0.4, 0.5) is 5.69 Å². The molecule has 0 bridgehead atoms. The minimum Gasteiger partial charge on any atom is -0.327 e. The van der Waals surface area contributed by atoms with Gasteiger partial charge in [0, 0.05) is 36.9 Å². The quantitative estimate of drug-likeness (QED) is 0.0630. The summed E-state index contributed by atoms with van der Waals surface area (Å²) in [4.78, 5) is 15.3. The lowest BCUT2D eigenvalue weighted by Gasteiger charge is -2.29. The Morgan fingerprint density at radius 1 is 1.00 bits per heavy atom. The Hall–Kier alpha value is -2.37. The van der Waals surface area contributed by atoms with Crippen molar-refractivity contribution in [2.75, 3.05) is 18.5 Å². The van der Waals surface area contributed by atoms with E-state index in [4.69, 9.17) is 5.73 Å². The van der Waals surface area contributed by atoms with Gasteiger partial charge in [-0.2, -0.15) is 0 Å². The standard InChI is InChI=1S/C33H56N4O/c1-6-9-10-11-12-13-14-15-17-21-30(36-35-29(8-3)22-20-27-34)25-26-32(28(4)7-2)33(38)37(5)31-23-18-16-19-24-31/h7-8,16,18-20,22-24,28,30,32,35-36H,2,6,9-15,17,21,25-27,34H2,1,3-5H3/b22-20-,29-8+. The summed E-state index contributed by atoms with van der Waals surface area (Å²) in [5.41, 5.74) is 14.5. The molecular weight excluding hydrogens is 468 g/mol. The summed E-state index contributed by atoms with van der Waals surface area (Å²) >= 11 is 0. The van der Waals surface area contributed by atoms with Crippen molar-refractivity contribution in [3.8, 4) is 0 Å². The number of anilines is 1. The van der Waals surface area contributed by atoms with Crippen LogP contribution in [0.1, 0.15) is 97.8 Å². The molecule has 0 aromatic heterocycles. The number of hydrogen-bond acceptors (Lipinski definition) is 4. The van der Waals surface area contributed by atoms with Crippen molar-refractivity contribution < 1.29 is 4.79 Å². The van der Waals surface area contributed by atoms with Gasteiger partial charge in [-0.3, -0.25) is 4.79 Å². The summed E-state index contributed by atoms with van der Waals surface area (Å²) < 4.78 is 0. The fourth-order valence-corrected chi connectivity index (χ4v) is 4.76. The first-order valence-corrected chi connectivity index (χ1v) is 15.0. The zero-order valence-corrected chi connectivity index (χ0v) is 24.8. The van der Waals surface area contributed by atoms with E-state index in [9.17, 15) is 4.79 Å². The molecule has 38 heavy (non-hydrogen) atoms. The number of carbonyl (C=O) groups is 1. The Kier molecular flexibility index (Phi) is 19.1. The van der Waals surface area contributed by atoms with Crippen LogP contribution in [0.25, 0.3) is 0 Å². The molecule has 0 spiro atoms. The maximum absolute atomic E-state index is 13.5. The summed E-state index contributed by atoms with van der Waals surface area (Å²) in [7, 11) is 1.88. The number of allylic oxidation sites excluding steroid dienone is 3.